The molecule has 2 amide bonds. The van der Waals surface area contributed by atoms with Crippen molar-refractivity contribution in [3.63, 3.8) is 0 Å². The minimum atomic E-state index is -5.08. The number of halogens is 3. The maximum Gasteiger partial charge on any atom is 0.490 e. The Kier molecular flexibility index (Phi) is 9.43. The maximum atomic E-state index is 12.6. The normalized spacial score (nSPS) is 18.1. The number of nitrogens with zero attached hydrogens (tertiary/aromatic N) is 2. The Morgan fingerprint density at radius 2 is 1.69 bits per heavy atom. The second-order valence-electron chi connectivity index (χ2n) is 10.6. The van der Waals surface area contributed by atoms with E-state index in [2.05, 4.69) is 68.2 Å². The molecule has 2 saturated heterocycles. The molecule has 3 heterocycles. The van der Waals surface area contributed by atoms with Gasteiger partial charge in [0.25, 0.3) is 0 Å². The smallest absolute Gasteiger partial charge is 0.475 e. The summed E-state index contributed by atoms with van der Waals surface area (Å²) in [5, 5.41) is 21.6. The molecule has 2 aliphatic rings. The molecular weight excluding hydrogens is 587 g/mol. The fraction of sp³-hybridized carbons (Fsp3) is 0.212. The van der Waals surface area contributed by atoms with E-state index in [-0.39, 0.29) is 17.7 Å². The number of carboxylic acids is 1. The monoisotopic (exact) mass is 617 g/mol. The molecule has 45 heavy (non-hydrogen) atoms. The van der Waals surface area contributed by atoms with Gasteiger partial charge in [-0.2, -0.15) is 18.3 Å². The molecule has 1 aromatic heterocycles. The predicted molar refractivity (Wildman–Crippen MR) is 164 cm³/mol. The highest BCUT2D eigenvalue weighted by Gasteiger charge is 2.38. The van der Waals surface area contributed by atoms with Gasteiger partial charge in [-0.1, -0.05) is 66.7 Å². The number of amides is 2. The average molecular weight is 618 g/mol. The summed E-state index contributed by atoms with van der Waals surface area (Å²) in [4.78, 5) is 35.2. The Labute approximate surface area is 256 Å². The van der Waals surface area contributed by atoms with Gasteiger partial charge in [0.15, 0.2) is 0 Å². The molecule has 1 atom stereocenters. The molecule has 0 bridgehead atoms. The number of aromatic amines is 1. The van der Waals surface area contributed by atoms with E-state index in [1.165, 1.54) is 5.56 Å². The Bertz CT molecular complexity index is 1750. The van der Waals surface area contributed by atoms with E-state index in [0.717, 1.165) is 51.9 Å². The highest BCUT2D eigenvalue weighted by Crippen LogP contribution is 2.30. The summed E-state index contributed by atoms with van der Waals surface area (Å²) in [5.74, 6) is -2.64. The van der Waals surface area contributed by atoms with Crippen molar-refractivity contribution in [2.24, 2.45) is 0 Å². The van der Waals surface area contributed by atoms with Crippen LogP contribution in [0.2, 0.25) is 0 Å². The van der Waals surface area contributed by atoms with Gasteiger partial charge >= 0.3 is 12.1 Å². The first-order valence-corrected chi connectivity index (χ1v) is 14.2. The molecule has 2 aliphatic heterocycles. The SMILES string of the molecule is O=C(O)C(F)(F)F.O=C1CN(Cc2ccc(/C=C/c3n[nH]c4cc(/C=C5/C(=O)NCC5c5ccccc5)ccc34)cc2)CCN1. The molecule has 4 N–H and O–H groups in total. The number of H-pyrrole nitrogens is 1. The molecular formula is C33H30F3N5O4. The van der Waals surface area contributed by atoms with Crippen LogP contribution in [0.1, 0.15) is 33.9 Å². The van der Waals surface area contributed by atoms with E-state index in [1.54, 1.807) is 0 Å². The van der Waals surface area contributed by atoms with Crippen LogP contribution < -0.4 is 10.6 Å². The van der Waals surface area contributed by atoms with Crippen LogP contribution in [-0.4, -0.2) is 70.3 Å². The summed E-state index contributed by atoms with van der Waals surface area (Å²) in [6, 6.07) is 24.6. The molecule has 0 spiro atoms. The number of nitrogens with one attached hydrogen (secondary N) is 3. The zero-order valence-corrected chi connectivity index (χ0v) is 24.0. The third-order valence-electron chi connectivity index (χ3n) is 7.42. The van der Waals surface area contributed by atoms with Crippen molar-refractivity contribution in [2.45, 2.75) is 18.6 Å². The van der Waals surface area contributed by atoms with Crippen LogP contribution in [-0.2, 0) is 20.9 Å². The largest absolute Gasteiger partial charge is 0.490 e. The number of rotatable bonds is 6. The van der Waals surface area contributed by atoms with E-state index in [9.17, 15) is 22.8 Å². The molecule has 3 aromatic carbocycles. The Hall–Kier alpha value is -5.23. The molecule has 0 radical (unpaired) electrons. The first-order chi connectivity index (χ1) is 21.6. The number of carbonyl (C=O) groups excluding carboxylic acids is 2. The van der Waals surface area contributed by atoms with Crippen LogP contribution in [0.5, 0.6) is 0 Å². The van der Waals surface area contributed by atoms with Crippen LogP contribution in [0.4, 0.5) is 13.2 Å². The predicted octanol–water partition coefficient (Wildman–Crippen LogP) is 4.60. The zero-order valence-electron chi connectivity index (χ0n) is 24.0. The molecule has 4 aromatic rings. The Morgan fingerprint density at radius 1 is 0.978 bits per heavy atom. The number of carbonyl (C=O) groups is 3. The lowest BCUT2D eigenvalue weighted by molar-refractivity contribution is -0.192. The maximum absolute atomic E-state index is 12.6. The first-order valence-electron chi connectivity index (χ1n) is 14.2. The molecule has 1 unspecified atom stereocenters. The van der Waals surface area contributed by atoms with E-state index in [4.69, 9.17) is 9.90 Å². The summed E-state index contributed by atoms with van der Waals surface area (Å²) in [5.41, 5.74) is 6.95. The minimum absolute atomic E-state index is 0.0142. The minimum Gasteiger partial charge on any atom is -0.475 e. The quantitative estimate of drug-likeness (QED) is 0.235. The zero-order chi connectivity index (χ0) is 32.0. The Balaban J connectivity index is 0.000000515. The highest BCUT2D eigenvalue weighted by atomic mass is 19.4. The third kappa shape index (κ3) is 8.03. The van der Waals surface area contributed by atoms with Crippen LogP contribution in [0.15, 0.2) is 78.4 Å². The number of hydrogen-bond acceptors (Lipinski definition) is 5. The van der Waals surface area contributed by atoms with Gasteiger partial charge in [-0.3, -0.25) is 19.6 Å². The van der Waals surface area contributed by atoms with Crippen molar-refractivity contribution >= 4 is 46.9 Å². The number of alkyl halides is 3. The van der Waals surface area contributed by atoms with Gasteiger partial charge in [0.2, 0.25) is 11.8 Å². The lowest BCUT2D eigenvalue weighted by Crippen LogP contribution is -2.47. The average Bonchev–Trinajstić information content (AvgIpc) is 3.59. The number of piperazine rings is 1. The van der Waals surface area contributed by atoms with Gasteiger partial charge in [0.05, 0.1) is 17.8 Å². The van der Waals surface area contributed by atoms with Gasteiger partial charge in [-0.15, -0.1) is 0 Å². The lowest BCUT2D eigenvalue weighted by Gasteiger charge is -2.26. The van der Waals surface area contributed by atoms with Crippen molar-refractivity contribution in [2.75, 3.05) is 26.2 Å². The van der Waals surface area contributed by atoms with Crippen molar-refractivity contribution in [3.8, 4) is 0 Å². The van der Waals surface area contributed by atoms with Gasteiger partial charge < -0.3 is 15.7 Å². The fourth-order valence-corrected chi connectivity index (χ4v) is 5.16. The van der Waals surface area contributed by atoms with Crippen LogP contribution in [0.3, 0.4) is 0 Å². The summed E-state index contributed by atoms with van der Waals surface area (Å²) >= 11 is 0. The summed E-state index contributed by atoms with van der Waals surface area (Å²) in [6.07, 6.45) is 0.960. The van der Waals surface area contributed by atoms with Gasteiger partial charge in [0, 0.05) is 43.1 Å². The number of aliphatic carboxylic acids is 1. The van der Waals surface area contributed by atoms with Gasteiger partial charge in [-0.25, -0.2) is 4.79 Å². The van der Waals surface area contributed by atoms with E-state index in [1.807, 2.05) is 48.6 Å². The molecule has 2 fully saturated rings. The standard InChI is InChI=1S/C31H29N5O2.C2HF3O2/c37-30-20-36(15-14-32-30)19-22-8-6-21(7-9-22)11-13-28-25-12-10-23(17-29(25)35-34-28)16-26-27(18-33-31(26)38)24-4-2-1-3-5-24;3-2(4,5)1(6)7/h1-13,16-17,27H,14-15,18-20H2,(H,32,37)(H,33,38)(H,34,35);(H,6,7)/b13-11+,26-16+;. The molecule has 0 saturated carbocycles. The van der Waals surface area contributed by atoms with Crippen LogP contribution >= 0.6 is 0 Å². The number of hydrogen-bond donors (Lipinski definition) is 4. The molecule has 6 rings (SSSR count). The highest BCUT2D eigenvalue weighted by molar-refractivity contribution is 6.02. The number of fused-ring (bicyclic) bond motifs is 1. The summed E-state index contributed by atoms with van der Waals surface area (Å²) in [7, 11) is 0. The number of aromatic nitrogens is 2. The van der Waals surface area contributed by atoms with Gasteiger partial charge in [-0.05, 0) is 46.5 Å². The van der Waals surface area contributed by atoms with Gasteiger partial charge in [0.1, 0.15) is 0 Å². The number of benzene rings is 3. The first kappa shape index (κ1) is 31.2. The number of carboxylic acid groups (broad SMARTS) is 1. The molecule has 9 nitrogen and oxygen atoms in total. The van der Waals surface area contributed by atoms with Crippen molar-refractivity contribution in [3.05, 3.63) is 106 Å². The van der Waals surface area contributed by atoms with Crippen molar-refractivity contribution in [1.29, 1.82) is 0 Å². The van der Waals surface area contributed by atoms with Crippen molar-refractivity contribution < 1.29 is 32.7 Å². The Morgan fingerprint density at radius 3 is 2.38 bits per heavy atom. The van der Waals surface area contributed by atoms with E-state index >= 15 is 0 Å². The molecule has 12 heteroatoms. The summed E-state index contributed by atoms with van der Waals surface area (Å²) < 4.78 is 31.7. The van der Waals surface area contributed by atoms with Crippen molar-refractivity contribution in [1.82, 2.24) is 25.7 Å². The van der Waals surface area contributed by atoms with Crippen LogP contribution in [0.25, 0.3) is 29.1 Å². The lowest BCUT2D eigenvalue weighted by atomic mass is 9.92. The second-order valence-corrected chi connectivity index (χ2v) is 10.6. The third-order valence-corrected chi connectivity index (χ3v) is 7.42. The summed E-state index contributed by atoms with van der Waals surface area (Å²) in [6.45, 7) is 3.42. The van der Waals surface area contributed by atoms with Crippen LogP contribution in [0, 0.1) is 0 Å². The van der Waals surface area contributed by atoms with E-state index < -0.39 is 12.1 Å². The molecule has 0 aliphatic carbocycles. The topological polar surface area (TPSA) is 127 Å². The fourth-order valence-electron chi connectivity index (χ4n) is 5.16. The second kappa shape index (κ2) is 13.6. The molecule has 232 valence electrons. The van der Waals surface area contributed by atoms with E-state index in [0.29, 0.717) is 19.6 Å².